The molecule has 1 fully saturated rings. The molecule has 2 N–H and O–H groups in total. The standard InChI is InChI=1S/C14H20BrFN2.ClH/c1-10(17)11-4-6-18(7-5-11)9-12-8-13(16)2-3-14(12)15;/h2-3,8,10-11H,4-7,9,17H2,1H3;1H. The average molecular weight is 352 g/mol. The predicted octanol–water partition coefficient (Wildman–Crippen LogP) is 3.57. The zero-order valence-corrected chi connectivity index (χ0v) is 13.5. The van der Waals surface area contributed by atoms with Crippen LogP contribution in [-0.2, 0) is 6.54 Å². The molecule has 1 unspecified atom stereocenters. The molecular weight excluding hydrogens is 331 g/mol. The Bertz CT molecular complexity index is 406. The van der Waals surface area contributed by atoms with Gasteiger partial charge < -0.3 is 5.73 Å². The third-order valence-corrected chi connectivity index (χ3v) is 4.55. The molecule has 1 aliphatic rings. The molecular formula is C14H21BrClFN2. The van der Waals surface area contributed by atoms with Gasteiger partial charge in [0, 0.05) is 17.1 Å². The fourth-order valence-corrected chi connectivity index (χ4v) is 2.91. The van der Waals surface area contributed by atoms with Gasteiger partial charge in [0.15, 0.2) is 0 Å². The van der Waals surface area contributed by atoms with Crippen molar-refractivity contribution in [1.82, 2.24) is 4.90 Å². The summed E-state index contributed by atoms with van der Waals surface area (Å²) in [7, 11) is 0. The minimum absolute atomic E-state index is 0. The third-order valence-electron chi connectivity index (χ3n) is 3.78. The molecule has 1 aromatic carbocycles. The van der Waals surface area contributed by atoms with Gasteiger partial charge in [-0.15, -0.1) is 12.4 Å². The lowest BCUT2D eigenvalue weighted by Gasteiger charge is -2.33. The summed E-state index contributed by atoms with van der Waals surface area (Å²) in [5, 5.41) is 0. The summed E-state index contributed by atoms with van der Waals surface area (Å²) in [5.41, 5.74) is 6.96. The first-order chi connectivity index (χ1) is 8.56. The van der Waals surface area contributed by atoms with Crippen molar-refractivity contribution in [3.8, 4) is 0 Å². The average Bonchev–Trinajstić information content (AvgIpc) is 2.34. The van der Waals surface area contributed by atoms with Gasteiger partial charge in [0.2, 0.25) is 0 Å². The van der Waals surface area contributed by atoms with E-state index in [2.05, 4.69) is 27.8 Å². The molecule has 1 atom stereocenters. The van der Waals surface area contributed by atoms with Gasteiger partial charge in [-0.1, -0.05) is 15.9 Å². The van der Waals surface area contributed by atoms with Gasteiger partial charge in [0.1, 0.15) is 5.82 Å². The number of hydrogen-bond donors (Lipinski definition) is 1. The highest BCUT2D eigenvalue weighted by atomic mass is 79.9. The maximum absolute atomic E-state index is 13.2. The summed E-state index contributed by atoms with van der Waals surface area (Å²) >= 11 is 3.48. The Kier molecular flexibility index (Phi) is 6.74. The molecule has 1 aromatic rings. The lowest BCUT2D eigenvalue weighted by molar-refractivity contribution is 0.165. The first-order valence-electron chi connectivity index (χ1n) is 6.48. The Morgan fingerprint density at radius 1 is 1.42 bits per heavy atom. The van der Waals surface area contributed by atoms with E-state index in [1.165, 1.54) is 6.07 Å². The van der Waals surface area contributed by atoms with Crippen LogP contribution in [0.4, 0.5) is 4.39 Å². The molecule has 5 heteroatoms. The maximum Gasteiger partial charge on any atom is 0.123 e. The van der Waals surface area contributed by atoms with Crippen molar-refractivity contribution in [2.24, 2.45) is 11.7 Å². The van der Waals surface area contributed by atoms with Crippen LogP contribution >= 0.6 is 28.3 Å². The number of hydrogen-bond acceptors (Lipinski definition) is 2. The number of nitrogens with two attached hydrogens (primary N) is 1. The van der Waals surface area contributed by atoms with Crippen LogP contribution in [-0.4, -0.2) is 24.0 Å². The van der Waals surface area contributed by atoms with Crippen LogP contribution in [0.2, 0.25) is 0 Å². The molecule has 2 rings (SSSR count). The van der Waals surface area contributed by atoms with E-state index in [-0.39, 0.29) is 24.3 Å². The zero-order valence-electron chi connectivity index (χ0n) is 11.1. The summed E-state index contributed by atoms with van der Waals surface area (Å²) in [4.78, 5) is 2.37. The summed E-state index contributed by atoms with van der Waals surface area (Å²) in [6.45, 7) is 5.00. The second-order valence-electron chi connectivity index (χ2n) is 5.21. The van der Waals surface area contributed by atoms with Crippen LogP contribution < -0.4 is 5.73 Å². The van der Waals surface area contributed by atoms with E-state index in [0.29, 0.717) is 5.92 Å². The van der Waals surface area contributed by atoms with E-state index in [0.717, 1.165) is 42.5 Å². The normalized spacial score (nSPS) is 18.9. The number of rotatable bonds is 3. The molecule has 0 saturated carbocycles. The number of nitrogens with zero attached hydrogens (tertiary/aromatic N) is 1. The molecule has 19 heavy (non-hydrogen) atoms. The molecule has 1 saturated heterocycles. The minimum atomic E-state index is -0.168. The molecule has 0 amide bonds. The summed E-state index contributed by atoms with van der Waals surface area (Å²) in [5.74, 6) is 0.468. The first kappa shape index (κ1) is 16.9. The molecule has 1 heterocycles. The summed E-state index contributed by atoms with van der Waals surface area (Å²) in [6.07, 6.45) is 2.29. The van der Waals surface area contributed by atoms with Crippen molar-refractivity contribution in [2.75, 3.05) is 13.1 Å². The molecule has 0 spiro atoms. The quantitative estimate of drug-likeness (QED) is 0.902. The molecule has 1 aliphatic heterocycles. The lowest BCUT2D eigenvalue weighted by atomic mass is 9.91. The molecule has 2 nitrogen and oxygen atoms in total. The Balaban J connectivity index is 0.00000180. The van der Waals surface area contributed by atoms with Crippen molar-refractivity contribution < 1.29 is 4.39 Å². The molecule has 0 aliphatic carbocycles. The number of piperidine rings is 1. The van der Waals surface area contributed by atoms with Gasteiger partial charge >= 0.3 is 0 Å². The van der Waals surface area contributed by atoms with E-state index in [1.807, 2.05) is 0 Å². The zero-order chi connectivity index (χ0) is 13.1. The van der Waals surface area contributed by atoms with Crippen LogP contribution in [0.3, 0.4) is 0 Å². The predicted molar refractivity (Wildman–Crippen MR) is 83.0 cm³/mol. The Morgan fingerprint density at radius 3 is 2.63 bits per heavy atom. The highest BCUT2D eigenvalue weighted by molar-refractivity contribution is 9.10. The molecule has 0 bridgehead atoms. The van der Waals surface area contributed by atoms with E-state index >= 15 is 0 Å². The van der Waals surface area contributed by atoms with Gasteiger partial charge in [-0.05, 0) is 62.5 Å². The second kappa shape index (κ2) is 7.58. The van der Waals surface area contributed by atoms with Crippen molar-refractivity contribution in [2.45, 2.75) is 32.4 Å². The number of benzene rings is 1. The largest absolute Gasteiger partial charge is 0.328 e. The van der Waals surface area contributed by atoms with E-state index < -0.39 is 0 Å². The number of likely N-dealkylation sites (tertiary alicyclic amines) is 1. The van der Waals surface area contributed by atoms with Gasteiger partial charge in [-0.25, -0.2) is 4.39 Å². The Morgan fingerprint density at radius 2 is 2.05 bits per heavy atom. The fraction of sp³-hybridized carbons (Fsp3) is 0.571. The van der Waals surface area contributed by atoms with Crippen LogP contribution in [0.25, 0.3) is 0 Å². The van der Waals surface area contributed by atoms with Gasteiger partial charge in [0.05, 0.1) is 0 Å². The SMILES string of the molecule is CC(N)C1CCN(Cc2cc(F)ccc2Br)CC1.Cl. The van der Waals surface area contributed by atoms with Gasteiger partial charge in [-0.3, -0.25) is 4.90 Å². The van der Waals surface area contributed by atoms with E-state index in [1.54, 1.807) is 12.1 Å². The van der Waals surface area contributed by atoms with Crippen molar-refractivity contribution in [1.29, 1.82) is 0 Å². The molecule has 108 valence electrons. The van der Waals surface area contributed by atoms with E-state index in [9.17, 15) is 4.39 Å². The number of halogens is 3. The van der Waals surface area contributed by atoms with Crippen LogP contribution in [0.15, 0.2) is 22.7 Å². The highest BCUT2D eigenvalue weighted by Gasteiger charge is 2.22. The monoisotopic (exact) mass is 350 g/mol. The van der Waals surface area contributed by atoms with Crippen LogP contribution in [0.5, 0.6) is 0 Å². The van der Waals surface area contributed by atoms with Crippen LogP contribution in [0.1, 0.15) is 25.3 Å². The Hall–Kier alpha value is -0.160. The second-order valence-corrected chi connectivity index (χ2v) is 6.06. The fourth-order valence-electron chi connectivity index (χ4n) is 2.54. The topological polar surface area (TPSA) is 29.3 Å². The van der Waals surface area contributed by atoms with Gasteiger partial charge in [0.25, 0.3) is 0 Å². The smallest absolute Gasteiger partial charge is 0.123 e. The first-order valence-corrected chi connectivity index (χ1v) is 7.27. The maximum atomic E-state index is 13.2. The lowest BCUT2D eigenvalue weighted by Crippen LogP contribution is -2.39. The minimum Gasteiger partial charge on any atom is -0.328 e. The highest BCUT2D eigenvalue weighted by Crippen LogP contribution is 2.24. The van der Waals surface area contributed by atoms with Crippen LogP contribution in [0, 0.1) is 11.7 Å². The summed E-state index contributed by atoms with van der Waals surface area (Å²) in [6, 6.07) is 5.16. The van der Waals surface area contributed by atoms with Crippen molar-refractivity contribution in [3.63, 3.8) is 0 Å². The summed E-state index contributed by atoms with van der Waals surface area (Å²) < 4.78 is 14.2. The van der Waals surface area contributed by atoms with E-state index in [4.69, 9.17) is 5.73 Å². The Labute approximate surface area is 129 Å². The van der Waals surface area contributed by atoms with Crippen molar-refractivity contribution >= 4 is 28.3 Å². The van der Waals surface area contributed by atoms with Crippen molar-refractivity contribution in [3.05, 3.63) is 34.1 Å². The molecule has 0 radical (unpaired) electrons. The third kappa shape index (κ3) is 4.71. The molecule has 0 aromatic heterocycles. The van der Waals surface area contributed by atoms with Gasteiger partial charge in [-0.2, -0.15) is 0 Å².